The lowest BCUT2D eigenvalue weighted by atomic mass is 9.39. The molecule has 0 spiro atoms. The first-order chi connectivity index (χ1) is 14.6. The number of benzene rings is 1. The van der Waals surface area contributed by atoms with E-state index in [9.17, 15) is 18.0 Å². The number of hydrogen-bond acceptors (Lipinski definition) is 6. The van der Waals surface area contributed by atoms with Crippen molar-refractivity contribution in [1.82, 2.24) is 15.5 Å². The van der Waals surface area contributed by atoms with E-state index in [1.807, 2.05) is 12.1 Å². The monoisotopic (exact) mass is 457 g/mol. The molecule has 0 radical (unpaired) electrons. The lowest BCUT2D eigenvalue weighted by Gasteiger charge is -2.69. The number of hydrogen-bond donors (Lipinski definition) is 1. The molecule has 4 aliphatic carbocycles. The van der Waals surface area contributed by atoms with Crippen LogP contribution in [-0.4, -0.2) is 46.8 Å². The summed E-state index contributed by atoms with van der Waals surface area (Å²) in [5, 5.41) is 7.72. The van der Waals surface area contributed by atoms with Crippen molar-refractivity contribution in [3.63, 3.8) is 0 Å². The molecule has 0 aliphatic heterocycles. The van der Waals surface area contributed by atoms with Crippen LogP contribution >= 0.6 is 11.6 Å². The Hall–Kier alpha value is -2.17. The normalized spacial score (nSPS) is 31.4. The van der Waals surface area contributed by atoms with Crippen LogP contribution < -0.4 is 5.32 Å². The fourth-order valence-electron chi connectivity index (χ4n) is 4.77. The Labute approximate surface area is 180 Å². The van der Waals surface area contributed by atoms with E-state index in [1.165, 1.54) is 0 Å². The van der Waals surface area contributed by atoms with Crippen molar-refractivity contribution < 1.29 is 32.0 Å². The molecule has 4 saturated carbocycles. The van der Waals surface area contributed by atoms with Gasteiger partial charge in [0.1, 0.15) is 6.61 Å². The highest BCUT2D eigenvalue weighted by Crippen LogP contribution is 2.67. The number of alkyl halides is 3. The van der Waals surface area contributed by atoms with Crippen LogP contribution in [0.5, 0.6) is 0 Å². The second kappa shape index (κ2) is 7.18. The Morgan fingerprint density at radius 3 is 2.52 bits per heavy atom. The van der Waals surface area contributed by atoms with Crippen LogP contribution in [-0.2, 0) is 19.7 Å². The highest BCUT2D eigenvalue weighted by Gasteiger charge is 2.71. The SMILES string of the molecule is O=C(COC1CC(OC(F)(F)F)C1)NC12CC(c3noc(-c4ccc(Cl)cc4)n3)(C1)C2. The van der Waals surface area contributed by atoms with E-state index >= 15 is 0 Å². The predicted octanol–water partition coefficient (Wildman–Crippen LogP) is 3.76. The van der Waals surface area contributed by atoms with Gasteiger partial charge in [-0.1, -0.05) is 16.8 Å². The summed E-state index contributed by atoms with van der Waals surface area (Å²) in [7, 11) is 0. The molecule has 0 atom stereocenters. The standard InChI is InChI=1S/C20H19ClF3N3O4/c21-12-3-1-11(2-4-12)16-25-17(27-31-16)18-8-19(9-18,10-18)26-15(28)7-29-13-5-14(6-13)30-20(22,23)24/h1-4,13-14H,5-10H2,(H,26,28). The summed E-state index contributed by atoms with van der Waals surface area (Å²) in [5.74, 6) is 0.787. The molecule has 11 heteroatoms. The summed E-state index contributed by atoms with van der Waals surface area (Å²) in [6, 6.07) is 7.12. The third-order valence-corrected chi connectivity index (χ3v) is 6.48. The molecule has 6 rings (SSSR count). The zero-order valence-electron chi connectivity index (χ0n) is 16.2. The number of carbonyl (C=O) groups is 1. The number of carbonyl (C=O) groups excluding carboxylic acids is 1. The number of ether oxygens (including phenoxy) is 2. The predicted molar refractivity (Wildman–Crippen MR) is 101 cm³/mol. The second-order valence-corrected chi connectivity index (χ2v) is 9.10. The van der Waals surface area contributed by atoms with Gasteiger partial charge < -0.3 is 14.6 Å². The van der Waals surface area contributed by atoms with Crippen LogP contribution in [0.4, 0.5) is 13.2 Å². The van der Waals surface area contributed by atoms with Crippen molar-refractivity contribution in [1.29, 1.82) is 0 Å². The van der Waals surface area contributed by atoms with Gasteiger partial charge in [0, 0.05) is 34.4 Å². The maximum absolute atomic E-state index is 12.2. The van der Waals surface area contributed by atoms with Crippen molar-refractivity contribution in [2.75, 3.05) is 6.61 Å². The van der Waals surface area contributed by atoms with E-state index < -0.39 is 12.5 Å². The average Bonchev–Trinajstić information content (AvgIpc) is 3.08. The fourth-order valence-corrected chi connectivity index (χ4v) is 4.90. The van der Waals surface area contributed by atoms with E-state index in [4.69, 9.17) is 20.9 Å². The van der Waals surface area contributed by atoms with Gasteiger partial charge in [-0.3, -0.25) is 9.53 Å². The number of rotatable bonds is 7. The van der Waals surface area contributed by atoms with Crippen LogP contribution in [0.25, 0.3) is 11.5 Å². The van der Waals surface area contributed by atoms with Gasteiger partial charge in [-0.25, -0.2) is 0 Å². The van der Waals surface area contributed by atoms with Crippen molar-refractivity contribution in [3.05, 3.63) is 35.1 Å². The Morgan fingerprint density at radius 1 is 1.19 bits per heavy atom. The molecule has 1 N–H and O–H groups in total. The molecule has 1 heterocycles. The topological polar surface area (TPSA) is 86.5 Å². The lowest BCUT2D eigenvalue weighted by molar-refractivity contribution is -0.357. The van der Waals surface area contributed by atoms with Crippen molar-refractivity contribution in [3.8, 4) is 11.5 Å². The van der Waals surface area contributed by atoms with Gasteiger partial charge in [0.25, 0.3) is 5.89 Å². The van der Waals surface area contributed by atoms with Crippen LogP contribution in [0, 0.1) is 0 Å². The second-order valence-electron chi connectivity index (χ2n) is 8.66. The highest BCUT2D eigenvalue weighted by atomic mass is 35.5. The Morgan fingerprint density at radius 2 is 1.87 bits per heavy atom. The zero-order chi connectivity index (χ0) is 21.9. The third-order valence-electron chi connectivity index (χ3n) is 6.23. The summed E-state index contributed by atoms with van der Waals surface area (Å²) in [6.45, 7) is -0.179. The highest BCUT2D eigenvalue weighted by molar-refractivity contribution is 6.30. The van der Waals surface area contributed by atoms with Crippen molar-refractivity contribution >= 4 is 17.5 Å². The minimum atomic E-state index is -4.64. The van der Waals surface area contributed by atoms with Crippen molar-refractivity contribution in [2.45, 2.75) is 61.6 Å². The number of nitrogens with one attached hydrogen (secondary N) is 1. The number of halogens is 4. The van der Waals surface area contributed by atoms with E-state index in [2.05, 4.69) is 20.2 Å². The Balaban J connectivity index is 1.06. The molecular formula is C20H19ClF3N3O4. The first-order valence-corrected chi connectivity index (χ1v) is 10.3. The van der Waals surface area contributed by atoms with Crippen LogP contribution in [0.2, 0.25) is 5.02 Å². The third kappa shape index (κ3) is 4.04. The van der Waals surface area contributed by atoms with E-state index in [1.54, 1.807) is 12.1 Å². The van der Waals surface area contributed by atoms with Crippen LogP contribution in [0.1, 0.15) is 37.9 Å². The summed E-state index contributed by atoms with van der Waals surface area (Å²) < 4.78 is 51.0. The molecule has 1 aromatic carbocycles. The molecule has 2 bridgehead atoms. The number of amides is 1. The van der Waals surface area contributed by atoms with Gasteiger partial charge in [0.2, 0.25) is 5.91 Å². The minimum Gasteiger partial charge on any atom is -0.368 e. The van der Waals surface area contributed by atoms with Gasteiger partial charge in [0.15, 0.2) is 5.82 Å². The van der Waals surface area contributed by atoms with Gasteiger partial charge in [-0.15, -0.1) is 13.2 Å². The molecule has 166 valence electrons. The zero-order valence-corrected chi connectivity index (χ0v) is 17.0. The molecule has 4 fully saturated rings. The van der Waals surface area contributed by atoms with Crippen molar-refractivity contribution in [2.24, 2.45) is 0 Å². The smallest absolute Gasteiger partial charge is 0.368 e. The average molecular weight is 458 g/mol. The molecule has 1 amide bonds. The molecule has 31 heavy (non-hydrogen) atoms. The summed E-state index contributed by atoms with van der Waals surface area (Å²) in [4.78, 5) is 16.7. The summed E-state index contributed by atoms with van der Waals surface area (Å²) in [6.07, 6.45) is -3.49. The molecule has 1 aromatic heterocycles. The van der Waals surface area contributed by atoms with Gasteiger partial charge >= 0.3 is 6.36 Å². The van der Waals surface area contributed by atoms with Gasteiger partial charge in [-0.05, 0) is 43.5 Å². The molecule has 0 saturated heterocycles. The summed E-state index contributed by atoms with van der Waals surface area (Å²) >= 11 is 5.90. The molecule has 0 unspecified atom stereocenters. The lowest BCUT2D eigenvalue weighted by Crippen LogP contribution is -2.77. The Bertz CT molecular complexity index is 969. The van der Waals surface area contributed by atoms with Gasteiger partial charge in [-0.2, -0.15) is 4.98 Å². The molecular weight excluding hydrogens is 439 g/mol. The first kappa shape index (κ1) is 20.7. The van der Waals surface area contributed by atoms with E-state index in [-0.39, 0.29) is 42.4 Å². The first-order valence-electron chi connectivity index (χ1n) is 9.91. The van der Waals surface area contributed by atoms with Gasteiger partial charge in [0.05, 0.1) is 12.2 Å². The van der Waals surface area contributed by atoms with E-state index in [0.29, 0.717) is 16.7 Å². The summed E-state index contributed by atoms with van der Waals surface area (Å²) in [5.41, 5.74) is 0.315. The quantitative estimate of drug-likeness (QED) is 0.681. The largest absolute Gasteiger partial charge is 0.522 e. The van der Waals surface area contributed by atoms with Crippen LogP contribution in [0.3, 0.4) is 0 Å². The number of nitrogens with zero attached hydrogens (tertiary/aromatic N) is 2. The molecule has 2 aromatic rings. The maximum Gasteiger partial charge on any atom is 0.522 e. The Kier molecular flexibility index (Phi) is 4.80. The number of aromatic nitrogens is 2. The molecule has 4 aliphatic rings. The molecule has 7 nitrogen and oxygen atoms in total. The van der Waals surface area contributed by atoms with E-state index in [0.717, 1.165) is 24.8 Å². The fraction of sp³-hybridized carbons (Fsp3) is 0.550. The van der Waals surface area contributed by atoms with Crippen LogP contribution in [0.15, 0.2) is 28.8 Å². The maximum atomic E-state index is 12.2. The minimum absolute atomic E-state index is 0.134.